The van der Waals surface area contributed by atoms with Gasteiger partial charge < -0.3 is 10.6 Å². The molecule has 2 N–H and O–H groups in total. The Kier molecular flexibility index (Phi) is 6.00. The van der Waals surface area contributed by atoms with Crippen molar-refractivity contribution in [2.75, 3.05) is 11.9 Å². The van der Waals surface area contributed by atoms with Gasteiger partial charge in [-0.1, -0.05) is 29.8 Å². The van der Waals surface area contributed by atoms with Gasteiger partial charge in [-0.3, -0.25) is 4.79 Å². The van der Waals surface area contributed by atoms with E-state index in [0.29, 0.717) is 5.02 Å². The van der Waals surface area contributed by atoms with Gasteiger partial charge in [-0.15, -0.1) is 0 Å². The Morgan fingerprint density at radius 2 is 1.91 bits per heavy atom. The van der Waals surface area contributed by atoms with Gasteiger partial charge >= 0.3 is 0 Å². The normalized spacial score (nSPS) is 12.0. The topological polar surface area (TPSA) is 41.1 Å². The SMILES string of the molecule is Cc1ccc(NC(=O)CN[C@@H](C)c2ccc(Cl)cc2)c(Br)c1. The summed E-state index contributed by atoms with van der Waals surface area (Å²) in [5, 5.41) is 6.79. The largest absolute Gasteiger partial charge is 0.324 e. The lowest BCUT2D eigenvalue weighted by Gasteiger charge is -2.15. The fourth-order valence-corrected chi connectivity index (χ4v) is 2.75. The van der Waals surface area contributed by atoms with Crippen molar-refractivity contribution in [1.82, 2.24) is 5.32 Å². The predicted molar refractivity (Wildman–Crippen MR) is 95.4 cm³/mol. The van der Waals surface area contributed by atoms with E-state index < -0.39 is 0 Å². The maximum absolute atomic E-state index is 12.0. The molecular weight excluding hydrogens is 364 g/mol. The van der Waals surface area contributed by atoms with Crippen LogP contribution in [0.15, 0.2) is 46.9 Å². The first-order chi connectivity index (χ1) is 10.5. The van der Waals surface area contributed by atoms with E-state index in [2.05, 4.69) is 26.6 Å². The maximum Gasteiger partial charge on any atom is 0.238 e. The van der Waals surface area contributed by atoms with Gasteiger partial charge in [0.2, 0.25) is 5.91 Å². The Bertz CT molecular complexity index is 658. The number of carbonyl (C=O) groups is 1. The lowest BCUT2D eigenvalue weighted by molar-refractivity contribution is -0.115. The standard InChI is InChI=1S/C17H18BrClN2O/c1-11-3-8-16(15(18)9-11)21-17(22)10-20-12(2)13-4-6-14(19)7-5-13/h3-9,12,20H,10H2,1-2H3,(H,21,22)/t12-/m0/s1. The molecule has 116 valence electrons. The quantitative estimate of drug-likeness (QED) is 0.788. The third-order valence-electron chi connectivity index (χ3n) is 3.34. The number of benzene rings is 2. The number of hydrogen-bond acceptors (Lipinski definition) is 2. The van der Waals surface area contributed by atoms with Crippen molar-refractivity contribution in [3.8, 4) is 0 Å². The van der Waals surface area contributed by atoms with Crippen molar-refractivity contribution >= 4 is 39.1 Å². The van der Waals surface area contributed by atoms with Gasteiger partial charge in [0.1, 0.15) is 0 Å². The van der Waals surface area contributed by atoms with Crippen molar-refractivity contribution in [1.29, 1.82) is 0 Å². The molecule has 0 aliphatic rings. The van der Waals surface area contributed by atoms with Crippen LogP contribution >= 0.6 is 27.5 Å². The summed E-state index contributed by atoms with van der Waals surface area (Å²) >= 11 is 9.32. The molecule has 2 aromatic rings. The van der Waals surface area contributed by atoms with Crippen molar-refractivity contribution in [2.45, 2.75) is 19.9 Å². The van der Waals surface area contributed by atoms with Gasteiger partial charge in [-0.05, 0) is 65.2 Å². The fraction of sp³-hybridized carbons (Fsp3) is 0.235. The summed E-state index contributed by atoms with van der Waals surface area (Å²) in [4.78, 5) is 12.0. The van der Waals surface area contributed by atoms with Crippen molar-refractivity contribution in [3.05, 3.63) is 63.1 Å². The lowest BCUT2D eigenvalue weighted by Crippen LogP contribution is -2.30. The number of hydrogen-bond donors (Lipinski definition) is 2. The van der Waals surface area contributed by atoms with E-state index in [0.717, 1.165) is 21.3 Å². The van der Waals surface area contributed by atoms with Gasteiger partial charge in [-0.2, -0.15) is 0 Å². The highest BCUT2D eigenvalue weighted by molar-refractivity contribution is 9.10. The van der Waals surface area contributed by atoms with Crippen LogP contribution in [0.4, 0.5) is 5.69 Å². The first-order valence-electron chi connectivity index (χ1n) is 7.00. The van der Waals surface area contributed by atoms with Gasteiger partial charge in [0, 0.05) is 15.5 Å². The molecule has 0 bridgehead atoms. The summed E-state index contributed by atoms with van der Waals surface area (Å²) in [6.45, 7) is 4.26. The lowest BCUT2D eigenvalue weighted by atomic mass is 10.1. The second-order valence-electron chi connectivity index (χ2n) is 5.19. The zero-order valence-corrected chi connectivity index (χ0v) is 14.8. The van der Waals surface area contributed by atoms with Crippen molar-refractivity contribution in [3.63, 3.8) is 0 Å². The van der Waals surface area contributed by atoms with E-state index in [-0.39, 0.29) is 18.5 Å². The third-order valence-corrected chi connectivity index (χ3v) is 4.25. The smallest absolute Gasteiger partial charge is 0.238 e. The maximum atomic E-state index is 12.0. The zero-order valence-electron chi connectivity index (χ0n) is 12.5. The number of nitrogens with one attached hydrogen (secondary N) is 2. The van der Waals surface area contributed by atoms with Crippen LogP contribution in [0.2, 0.25) is 5.02 Å². The molecule has 5 heteroatoms. The van der Waals surface area contributed by atoms with E-state index in [1.54, 1.807) is 0 Å². The van der Waals surface area contributed by atoms with Crippen LogP contribution in [0.25, 0.3) is 0 Å². The molecule has 0 saturated heterocycles. The fourth-order valence-electron chi connectivity index (χ4n) is 2.03. The molecule has 3 nitrogen and oxygen atoms in total. The van der Waals surface area contributed by atoms with Crippen LogP contribution < -0.4 is 10.6 Å². The molecule has 0 aromatic heterocycles. The Labute approximate surface area is 144 Å². The highest BCUT2D eigenvalue weighted by Gasteiger charge is 2.09. The van der Waals surface area contributed by atoms with Gasteiger partial charge in [-0.25, -0.2) is 0 Å². The molecular formula is C17H18BrClN2O. The molecule has 0 unspecified atom stereocenters. The molecule has 0 aliphatic carbocycles. The van der Waals surface area contributed by atoms with Gasteiger partial charge in [0.15, 0.2) is 0 Å². The number of rotatable bonds is 5. The highest BCUT2D eigenvalue weighted by Crippen LogP contribution is 2.23. The minimum Gasteiger partial charge on any atom is -0.324 e. The second-order valence-corrected chi connectivity index (χ2v) is 6.48. The summed E-state index contributed by atoms with van der Waals surface area (Å²) in [6.07, 6.45) is 0. The van der Waals surface area contributed by atoms with Crippen LogP contribution in [0.1, 0.15) is 24.1 Å². The second kappa shape index (κ2) is 7.77. The number of anilines is 1. The number of amides is 1. The summed E-state index contributed by atoms with van der Waals surface area (Å²) in [5.41, 5.74) is 3.00. The van der Waals surface area contributed by atoms with Crippen molar-refractivity contribution in [2.24, 2.45) is 0 Å². The average Bonchev–Trinajstić information content (AvgIpc) is 2.48. The van der Waals surface area contributed by atoms with Gasteiger partial charge in [0.25, 0.3) is 0 Å². The Morgan fingerprint density at radius 1 is 1.23 bits per heavy atom. The highest BCUT2D eigenvalue weighted by atomic mass is 79.9. The van der Waals surface area contributed by atoms with E-state index >= 15 is 0 Å². The molecule has 0 aliphatic heterocycles. The summed E-state index contributed by atoms with van der Waals surface area (Å²) in [6, 6.07) is 13.5. The minimum absolute atomic E-state index is 0.0736. The Balaban J connectivity index is 1.88. The molecule has 2 rings (SSSR count). The van der Waals surface area contributed by atoms with Crippen LogP contribution in [0, 0.1) is 6.92 Å². The van der Waals surface area contributed by atoms with Gasteiger partial charge in [0.05, 0.1) is 12.2 Å². The number of carbonyl (C=O) groups excluding carboxylic acids is 1. The van der Waals surface area contributed by atoms with E-state index in [9.17, 15) is 4.79 Å². The monoisotopic (exact) mass is 380 g/mol. The average molecular weight is 382 g/mol. The molecule has 1 atom stereocenters. The molecule has 0 saturated carbocycles. The predicted octanol–water partition coefficient (Wildman–Crippen LogP) is 4.70. The molecule has 0 heterocycles. The summed E-state index contributed by atoms with van der Waals surface area (Å²) in [7, 11) is 0. The van der Waals surface area contributed by atoms with Crippen LogP contribution in [-0.4, -0.2) is 12.5 Å². The van der Waals surface area contributed by atoms with Crippen molar-refractivity contribution < 1.29 is 4.79 Å². The Hall–Kier alpha value is -1.36. The van der Waals surface area contributed by atoms with E-state index in [4.69, 9.17) is 11.6 Å². The summed E-state index contributed by atoms with van der Waals surface area (Å²) in [5.74, 6) is -0.0784. The molecule has 0 radical (unpaired) electrons. The van der Waals surface area contributed by atoms with Crippen LogP contribution in [0.5, 0.6) is 0 Å². The van der Waals surface area contributed by atoms with Crippen LogP contribution in [0.3, 0.4) is 0 Å². The molecule has 1 amide bonds. The zero-order chi connectivity index (χ0) is 16.1. The number of halogens is 2. The minimum atomic E-state index is -0.0784. The molecule has 0 fully saturated rings. The third kappa shape index (κ3) is 4.83. The number of aryl methyl sites for hydroxylation is 1. The van der Waals surface area contributed by atoms with E-state index in [1.807, 2.05) is 56.3 Å². The first-order valence-corrected chi connectivity index (χ1v) is 8.17. The molecule has 0 spiro atoms. The Morgan fingerprint density at radius 3 is 2.55 bits per heavy atom. The van der Waals surface area contributed by atoms with Crippen LogP contribution in [-0.2, 0) is 4.79 Å². The van der Waals surface area contributed by atoms with E-state index in [1.165, 1.54) is 0 Å². The molecule has 22 heavy (non-hydrogen) atoms. The first kappa shape index (κ1) is 17.0. The summed E-state index contributed by atoms with van der Waals surface area (Å²) < 4.78 is 0.881. The molecule has 2 aromatic carbocycles.